The topological polar surface area (TPSA) is 44.5 Å². The normalized spacial score (nSPS) is 11.9. The van der Waals surface area contributed by atoms with Crippen LogP contribution in [0.1, 0.15) is 5.56 Å². The zero-order valence-corrected chi connectivity index (χ0v) is 14.4. The second kappa shape index (κ2) is 6.19. The summed E-state index contributed by atoms with van der Waals surface area (Å²) < 4.78 is 54.9. The van der Waals surface area contributed by atoms with E-state index in [-0.39, 0.29) is 0 Å². The number of alkyl halides is 3. The molecular weight excluding hydrogens is 359 g/mol. The lowest BCUT2D eigenvalue weighted by Gasteiger charge is -2.08. The van der Waals surface area contributed by atoms with Crippen molar-refractivity contribution in [3.8, 4) is 22.8 Å². The van der Waals surface area contributed by atoms with Gasteiger partial charge < -0.3 is 13.9 Å². The minimum Gasteiger partial charge on any atom is -0.497 e. The fourth-order valence-corrected chi connectivity index (χ4v) is 2.94. The number of furan rings is 1. The number of hydrogen-bond acceptors (Lipinski definition) is 4. The van der Waals surface area contributed by atoms with E-state index in [4.69, 9.17) is 13.9 Å². The average Bonchev–Trinajstić information content (AvgIpc) is 3.04. The number of nitrogens with zero attached hydrogens (tertiary/aromatic N) is 1. The third-order valence-corrected chi connectivity index (χ3v) is 4.32. The van der Waals surface area contributed by atoms with Gasteiger partial charge in [-0.15, -0.1) is 0 Å². The summed E-state index contributed by atoms with van der Waals surface area (Å²) in [5, 5.41) is 0.733. The fraction of sp³-hybridized carbons (Fsp3) is 0.150. The van der Waals surface area contributed by atoms with Gasteiger partial charge in [0.15, 0.2) is 11.3 Å². The lowest BCUT2D eigenvalue weighted by atomic mass is 10.1. The Morgan fingerprint density at radius 3 is 2.30 bits per heavy atom. The van der Waals surface area contributed by atoms with Gasteiger partial charge in [-0.05, 0) is 30.3 Å². The number of methoxy groups -OCH3 is 2. The Bertz CT molecular complexity index is 1130. The molecule has 0 spiro atoms. The van der Waals surface area contributed by atoms with Crippen molar-refractivity contribution in [3.05, 3.63) is 54.1 Å². The van der Waals surface area contributed by atoms with Crippen LogP contribution < -0.4 is 9.47 Å². The fourth-order valence-electron chi connectivity index (χ4n) is 2.94. The number of ether oxygens (including phenoxy) is 2. The molecule has 0 aliphatic carbocycles. The van der Waals surface area contributed by atoms with Crippen LogP contribution in [-0.2, 0) is 6.18 Å². The van der Waals surface area contributed by atoms with Gasteiger partial charge in [0.25, 0.3) is 0 Å². The molecule has 138 valence electrons. The molecule has 0 aliphatic rings. The molecule has 2 aromatic carbocycles. The molecule has 0 saturated carbocycles. The Morgan fingerprint density at radius 1 is 0.926 bits per heavy atom. The molecule has 0 unspecified atom stereocenters. The zero-order valence-electron chi connectivity index (χ0n) is 14.4. The van der Waals surface area contributed by atoms with Crippen molar-refractivity contribution in [2.24, 2.45) is 0 Å². The van der Waals surface area contributed by atoms with E-state index >= 15 is 0 Å². The first-order valence-corrected chi connectivity index (χ1v) is 8.03. The average molecular weight is 373 g/mol. The third kappa shape index (κ3) is 2.95. The molecule has 4 nitrogen and oxygen atoms in total. The van der Waals surface area contributed by atoms with Crippen LogP contribution in [-0.4, -0.2) is 19.2 Å². The number of hydrogen-bond donors (Lipinski definition) is 0. The predicted molar refractivity (Wildman–Crippen MR) is 95.1 cm³/mol. The van der Waals surface area contributed by atoms with Crippen molar-refractivity contribution in [1.29, 1.82) is 0 Å². The van der Waals surface area contributed by atoms with Crippen LogP contribution >= 0.6 is 0 Å². The molecule has 0 amide bonds. The van der Waals surface area contributed by atoms with Crippen molar-refractivity contribution in [2.75, 3.05) is 14.2 Å². The molecule has 4 aromatic rings. The summed E-state index contributed by atoms with van der Waals surface area (Å²) in [7, 11) is 3.06. The van der Waals surface area contributed by atoms with Crippen molar-refractivity contribution >= 4 is 22.1 Å². The van der Waals surface area contributed by atoms with E-state index < -0.39 is 11.7 Å². The zero-order chi connectivity index (χ0) is 19.2. The molecular formula is C20H14F3NO3. The summed E-state index contributed by atoms with van der Waals surface area (Å²) >= 11 is 0. The van der Waals surface area contributed by atoms with E-state index in [9.17, 15) is 13.2 Å². The van der Waals surface area contributed by atoms with Crippen molar-refractivity contribution in [1.82, 2.24) is 4.98 Å². The maximum atomic E-state index is 12.8. The van der Waals surface area contributed by atoms with Gasteiger partial charge in [0.2, 0.25) is 0 Å². The molecule has 0 N–H and O–H groups in total. The molecule has 0 radical (unpaired) electrons. The molecule has 4 rings (SSSR count). The summed E-state index contributed by atoms with van der Waals surface area (Å²) in [6.07, 6.45) is -4.38. The first kappa shape index (κ1) is 17.2. The van der Waals surface area contributed by atoms with Crippen LogP contribution in [0.4, 0.5) is 13.2 Å². The Hall–Kier alpha value is -3.22. The van der Waals surface area contributed by atoms with E-state index in [2.05, 4.69) is 4.98 Å². The summed E-state index contributed by atoms with van der Waals surface area (Å²) in [5.41, 5.74) is 1.95. The van der Waals surface area contributed by atoms with E-state index in [0.717, 1.165) is 17.5 Å². The molecule has 7 heteroatoms. The summed E-state index contributed by atoms with van der Waals surface area (Å²) in [4.78, 5) is 4.60. The Morgan fingerprint density at radius 2 is 1.67 bits per heavy atom. The molecule has 0 bridgehead atoms. The summed E-state index contributed by atoms with van der Waals surface area (Å²) in [6, 6.07) is 11.8. The van der Waals surface area contributed by atoms with E-state index in [1.807, 2.05) is 0 Å². The van der Waals surface area contributed by atoms with Crippen molar-refractivity contribution in [2.45, 2.75) is 6.18 Å². The summed E-state index contributed by atoms with van der Waals surface area (Å²) in [6.45, 7) is 0. The number of benzene rings is 2. The van der Waals surface area contributed by atoms with Gasteiger partial charge >= 0.3 is 6.18 Å². The first-order valence-electron chi connectivity index (χ1n) is 8.03. The third-order valence-electron chi connectivity index (χ3n) is 4.32. The minimum atomic E-state index is -4.38. The Labute approximate surface area is 152 Å². The monoisotopic (exact) mass is 373 g/mol. The van der Waals surface area contributed by atoms with Crippen LogP contribution in [0.15, 0.2) is 52.9 Å². The van der Waals surface area contributed by atoms with Crippen LogP contribution in [0.5, 0.6) is 11.5 Å². The Kier molecular flexibility index (Phi) is 3.95. The van der Waals surface area contributed by atoms with Gasteiger partial charge in [-0.2, -0.15) is 13.2 Å². The highest BCUT2D eigenvalue weighted by molar-refractivity contribution is 6.05. The molecule has 2 heterocycles. The predicted octanol–water partition coefficient (Wildman–Crippen LogP) is 5.68. The number of rotatable bonds is 3. The largest absolute Gasteiger partial charge is 0.497 e. The molecule has 0 atom stereocenters. The second-order valence-electron chi connectivity index (χ2n) is 5.93. The first-order chi connectivity index (χ1) is 12.9. The lowest BCUT2D eigenvalue weighted by molar-refractivity contribution is -0.137. The maximum Gasteiger partial charge on any atom is 0.416 e. The number of fused-ring (bicyclic) bond motifs is 3. The highest BCUT2D eigenvalue weighted by Crippen LogP contribution is 2.38. The van der Waals surface area contributed by atoms with Crippen LogP contribution in [0.25, 0.3) is 33.3 Å². The molecule has 27 heavy (non-hydrogen) atoms. The van der Waals surface area contributed by atoms with Crippen LogP contribution in [0.3, 0.4) is 0 Å². The minimum absolute atomic E-state index is 0.449. The standard InChI is InChI=1S/C20H14F3NO3/c1-25-13-7-8-16-14(9-13)18-19(27-16)17(26-2)10-15(24-18)11-3-5-12(6-4-11)20(21,22)23/h3-10H,1-2H3. The van der Waals surface area contributed by atoms with E-state index in [1.54, 1.807) is 31.4 Å². The number of aromatic nitrogens is 1. The van der Waals surface area contributed by atoms with Gasteiger partial charge in [0, 0.05) is 11.6 Å². The molecule has 2 aromatic heterocycles. The number of pyridine rings is 1. The number of halogens is 3. The van der Waals surface area contributed by atoms with Gasteiger partial charge in [0.05, 0.1) is 30.9 Å². The van der Waals surface area contributed by atoms with Crippen LogP contribution in [0, 0.1) is 0 Å². The lowest BCUT2D eigenvalue weighted by Crippen LogP contribution is -2.04. The quantitative estimate of drug-likeness (QED) is 0.463. The Balaban J connectivity index is 1.92. The summed E-state index contributed by atoms with van der Waals surface area (Å²) in [5.74, 6) is 1.09. The van der Waals surface area contributed by atoms with Crippen LogP contribution in [0.2, 0.25) is 0 Å². The second-order valence-corrected chi connectivity index (χ2v) is 5.93. The van der Waals surface area contributed by atoms with E-state index in [0.29, 0.717) is 39.4 Å². The van der Waals surface area contributed by atoms with Gasteiger partial charge in [0.1, 0.15) is 16.8 Å². The molecule has 0 saturated heterocycles. The van der Waals surface area contributed by atoms with Gasteiger partial charge in [-0.3, -0.25) is 0 Å². The van der Waals surface area contributed by atoms with Gasteiger partial charge in [-0.1, -0.05) is 12.1 Å². The highest BCUT2D eigenvalue weighted by Gasteiger charge is 2.30. The molecule has 0 aliphatic heterocycles. The van der Waals surface area contributed by atoms with Crippen molar-refractivity contribution in [3.63, 3.8) is 0 Å². The maximum absolute atomic E-state index is 12.8. The SMILES string of the molecule is COc1ccc2oc3c(OC)cc(-c4ccc(C(F)(F)F)cc4)nc3c2c1. The van der Waals surface area contributed by atoms with Crippen molar-refractivity contribution < 1.29 is 27.1 Å². The van der Waals surface area contributed by atoms with E-state index in [1.165, 1.54) is 19.2 Å². The smallest absolute Gasteiger partial charge is 0.416 e. The highest BCUT2D eigenvalue weighted by atomic mass is 19.4. The van der Waals surface area contributed by atoms with Gasteiger partial charge in [-0.25, -0.2) is 4.98 Å². The molecule has 0 fully saturated rings.